The number of pyridine rings is 1. The van der Waals surface area contributed by atoms with Crippen molar-refractivity contribution in [3.05, 3.63) is 22.9 Å². The van der Waals surface area contributed by atoms with E-state index in [0.717, 1.165) is 30.1 Å². The van der Waals surface area contributed by atoms with Crippen molar-refractivity contribution in [2.45, 2.75) is 64.3 Å². The Morgan fingerprint density at radius 1 is 1.33 bits per heavy atom. The van der Waals surface area contributed by atoms with Gasteiger partial charge in [0.25, 0.3) is 0 Å². The van der Waals surface area contributed by atoms with Crippen LogP contribution in [0.25, 0.3) is 0 Å². The quantitative estimate of drug-likeness (QED) is 0.835. The number of nitrogens with zero attached hydrogens (tertiary/aromatic N) is 1. The Hall–Kier alpha value is -1.16. The Morgan fingerprint density at radius 3 is 2.90 bits per heavy atom. The molecule has 0 aliphatic heterocycles. The van der Waals surface area contributed by atoms with Gasteiger partial charge in [-0.05, 0) is 49.7 Å². The van der Waals surface area contributed by atoms with Crippen LogP contribution >= 0.6 is 12.2 Å². The summed E-state index contributed by atoms with van der Waals surface area (Å²) in [5.74, 6) is 1.67. The van der Waals surface area contributed by atoms with Gasteiger partial charge in [0.15, 0.2) is 0 Å². The second-order valence-corrected chi connectivity index (χ2v) is 6.85. The first-order chi connectivity index (χ1) is 10.2. The van der Waals surface area contributed by atoms with E-state index in [-0.39, 0.29) is 0 Å². The first-order valence-electron chi connectivity index (χ1n) is 8.28. The van der Waals surface area contributed by atoms with Crippen molar-refractivity contribution in [1.29, 1.82) is 0 Å². The summed E-state index contributed by atoms with van der Waals surface area (Å²) in [6, 6.07) is 2.69. The molecule has 114 valence electrons. The van der Waals surface area contributed by atoms with E-state index in [1.54, 1.807) is 0 Å². The van der Waals surface area contributed by atoms with Gasteiger partial charge in [0.1, 0.15) is 10.8 Å². The first-order valence-corrected chi connectivity index (χ1v) is 8.69. The highest BCUT2D eigenvalue weighted by molar-refractivity contribution is 7.80. The van der Waals surface area contributed by atoms with Gasteiger partial charge in [-0.3, -0.25) is 0 Å². The van der Waals surface area contributed by atoms with E-state index in [1.807, 2.05) is 0 Å². The average Bonchev–Trinajstić information content (AvgIpc) is 2.94. The molecule has 2 atom stereocenters. The molecule has 2 aliphatic carbocycles. The largest absolute Gasteiger partial charge is 0.389 e. The fraction of sp³-hybridized carbons (Fsp3) is 0.647. The van der Waals surface area contributed by atoms with Crippen molar-refractivity contribution < 1.29 is 0 Å². The number of thiocarbonyl (C=S) groups is 1. The lowest BCUT2D eigenvalue weighted by atomic mass is 9.83. The van der Waals surface area contributed by atoms with Crippen LogP contribution in [0.4, 0.5) is 5.82 Å². The van der Waals surface area contributed by atoms with Gasteiger partial charge in [0, 0.05) is 11.7 Å². The topological polar surface area (TPSA) is 50.9 Å². The van der Waals surface area contributed by atoms with Crippen LogP contribution in [0.1, 0.15) is 62.3 Å². The van der Waals surface area contributed by atoms with E-state index in [1.165, 1.54) is 49.8 Å². The molecular formula is C17H25N3S. The van der Waals surface area contributed by atoms with Gasteiger partial charge in [-0.1, -0.05) is 38.4 Å². The molecule has 3 nitrogen and oxygen atoms in total. The maximum Gasteiger partial charge on any atom is 0.136 e. The average molecular weight is 303 g/mol. The van der Waals surface area contributed by atoms with Gasteiger partial charge < -0.3 is 11.1 Å². The lowest BCUT2D eigenvalue weighted by Gasteiger charge is -2.32. The zero-order chi connectivity index (χ0) is 14.8. The van der Waals surface area contributed by atoms with Gasteiger partial charge >= 0.3 is 0 Å². The highest BCUT2D eigenvalue weighted by Gasteiger charge is 2.26. The Kier molecular flexibility index (Phi) is 4.43. The van der Waals surface area contributed by atoms with Crippen molar-refractivity contribution in [3.63, 3.8) is 0 Å². The van der Waals surface area contributed by atoms with Gasteiger partial charge in [0.05, 0.1) is 5.56 Å². The zero-order valence-electron chi connectivity index (χ0n) is 12.8. The maximum absolute atomic E-state index is 5.93. The number of rotatable bonds is 4. The number of anilines is 1. The fourth-order valence-electron chi connectivity index (χ4n) is 3.83. The van der Waals surface area contributed by atoms with Crippen molar-refractivity contribution in [2.75, 3.05) is 5.32 Å². The van der Waals surface area contributed by atoms with E-state index in [9.17, 15) is 0 Å². The Bertz CT molecular complexity index is 541. The van der Waals surface area contributed by atoms with E-state index >= 15 is 0 Å². The molecule has 1 saturated carbocycles. The third-order valence-corrected chi connectivity index (χ3v) is 5.29. The molecule has 1 aromatic rings. The second kappa shape index (κ2) is 6.30. The lowest BCUT2D eigenvalue weighted by molar-refractivity contribution is 0.317. The summed E-state index contributed by atoms with van der Waals surface area (Å²) >= 11 is 5.24. The minimum atomic E-state index is 0.462. The van der Waals surface area contributed by atoms with Gasteiger partial charge in [-0.15, -0.1) is 0 Å². The highest BCUT2D eigenvalue weighted by atomic mass is 32.1. The summed E-state index contributed by atoms with van der Waals surface area (Å²) in [6.45, 7) is 2.29. The molecule has 0 bridgehead atoms. The second-order valence-electron chi connectivity index (χ2n) is 6.41. The molecule has 0 amide bonds. The van der Waals surface area contributed by atoms with Gasteiger partial charge in [-0.25, -0.2) is 4.98 Å². The standard InChI is InChI=1S/C17H25N3S/c1-2-11-6-3-4-8-14(11)19-17-13(16(18)21)10-12-7-5-9-15(12)20-17/h10-11,14H,2-9H2,1H3,(H2,18,21)(H,19,20). The molecule has 21 heavy (non-hydrogen) atoms. The molecule has 1 heterocycles. The van der Waals surface area contributed by atoms with Crippen LogP contribution in [0.5, 0.6) is 0 Å². The van der Waals surface area contributed by atoms with Crippen molar-refractivity contribution in [3.8, 4) is 0 Å². The number of fused-ring (bicyclic) bond motifs is 1. The van der Waals surface area contributed by atoms with E-state index < -0.39 is 0 Å². The Morgan fingerprint density at radius 2 is 2.14 bits per heavy atom. The van der Waals surface area contributed by atoms with Crippen molar-refractivity contribution in [2.24, 2.45) is 11.7 Å². The predicted octanol–water partition coefficient (Wildman–Crippen LogP) is 3.59. The zero-order valence-corrected chi connectivity index (χ0v) is 13.6. The molecule has 3 N–H and O–H groups in total. The molecule has 0 spiro atoms. The van der Waals surface area contributed by atoms with Crippen LogP contribution in [0, 0.1) is 5.92 Å². The number of aromatic nitrogens is 1. The van der Waals surface area contributed by atoms with Gasteiger partial charge in [-0.2, -0.15) is 0 Å². The molecule has 0 radical (unpaired) electrons. The predicted molar refractivity (Wildman–Crippen MR) is 91.8 cm³/mol. The lowest BCUT2D eigenvalue weighted by Crippen LogP contribution is -2.33. The third-order valence-electron chi connectivity index (χ3n) is 5.07. The number of hydrogen-bond acceptors (Lipinski definition) is 3. The maximum atomic E-state index is 5.93. The number of nitrogens with one attached hydrogen (secondary N) is 1. The van der Waals surface area contributed by atoms with Crippen LogP contribution < -0.4 is 11.1 Å². The molecule has 1 fully saturated rings. The molecule has 2 aliphatic rings. The summed E-state index contributed by atoms with van der Waals surface area (Å²) in [7, 11) is 0. The van der Waals surface area contributed by atoms with Crippen LogP contribution in [0.15, 0.2) is 6.07 Å². The summed E-state index contributed by atoms with van der Waals surface area (Å²) in [5.41, 5.74) is 9.44. The highest BCUT2D eigenvalue weighted by Crippen LogP contribution is 2.31. The van der Waals surface area contributed by atoms with Crippen molar-refractivity contribution in [1.82, 2.24) is 4.98 Å². The van der Waals surface area contributed by atoms with Crippen molar-refractivity contribution >= 4 is 23.0 Å². The minimum absolute atomic E-state index is 0.462. The third kappa shape index (κ3) is 3.05. The number of hydrogen-bond donors (Lipinski definition) is 2. The summed E-state index contributed by atoms with van der Waals surface area (Å²) < 4.78 is 0. The van der Waals surface area contributed by atoms with E-state index in [4.69, 9.17) is 22.9 Å². The van der Waals surface area contributed by atoms with Crippen LogP contribution in [-0.4, -0.2) is 16.0 Å². The van der Waals surface area contributed by atoms with Crippen LogP contribution in [-0.2, 0) is 12.8 Å². The molecule has 0 saturated heterocycles. The Labute approximate surface area is 132 Å². The minimum Gasteiger partial charge on any atom is -0.389 e. The molecular weight excluding hydrogens is 278 g/mol. The first kappa shape index (κ1) is 14.8. The molecule has 0 aromatic carbocycles. The Balaban J connectivity index is 1.88. The van der Waals surface area contributed by atoms with E-state index in [0.29, 0.717) is 11.0 Å². The summed E-state index contributed by atoms with van der Waals surface area (Å²) in [5, 5.41) is 3.68. The fourth-order valence-corrected chi connectivity index (χ4v) is 3.99. The monoisotopic (exact) mass is 303 g/mol. The van der Waals surface area contributed by atoms with Crippen LogP contribution in [0.2, 0.25) is 0 Å². The molecule has 2 unspecified atom stereocenters. The summed E-state index contributed by atoms with van der Waals surface area (Å²) in [6.07, 6.45) is 9.84. The van der Waals surface area contributed by atoms with E-state index in [2.05, 4.69) is 18.3 Å². The summed E-state index contributed by atoms with van der Waals surface area (Å²) in [4.78, 5) is 5.32. The van der Waals surface area contributed by atoms with Crippen LogP contribution in [0.3, 0.4) is 0 Å². The number of nitrogens with two attached hydrogens (primary N) is 1. The van der Waals surface area contributed by atoms with Gasteiger partial charge in [0.2, 0.25) is 0 Å². The molecule has 1 aromatic heterocycles. The molecule has 4 heteroatoms. The molecule has 3 rings (SSSR count). The normalized spacial score (nSPS) is 24.6. The SMILES string of the molecule is CCC1CCCCC1Nc1nc2c(cc1C(N)=S)CCC2. The smallest absolute Gasteiger partial charge is 0.136 e. The number of aryl methyl sites for hydroxylation is 2.